The van der Waals surface area contributed by atoms with Gasteiger partial charge in [-0.05, 0) is 35.6 Å². The molecule has 0 bridgehead atoms. The molecule has 1 aromatic heterocycles. The quantitative estimate of drug-likeness (QED) is 0.360. The van der Waals surface area contributed by atoms with Crippen LogP contribution in [-0.4, -0.2) is 7.05 Å². The van der Waals surface area contributed by atoms with Gasteiger partial charge in [-0.3, -0.25) is 0 Å². The molecule has 1 heterocycles. The smallest absolute Gasteiger partial charge is 0.0592 e. The second kappa shape index (κ2) is 6.14. The van der Waals surface area contributed by atoms with Crippen molar-refractivity contribution in [1.82, 2.24) is 0 Å². The van der Waals surface area contributed by atoms with Crippen LogP contribution in [0.2, 0.25) is 0 Å². The Labute approximate surface area is 159 Å². The molecule has 0 N–H and O–H groups in total. The Balaban J connectivity index is 1.99. The SMILES string of the molecule is Cc1ccccc1N(C)c1cccc2c1sc1c(C(C)(C)C)cccc12. The van der Waals surface area contributed by atoms with Crippen molar-refractivity contribution in [3.8, 4) is 0 Å². The lowest BCUT2D eigenvalue weighted by atomic mass is 9.86. The van der Waals surface area contributed by atoms with Crippen molar-refractivity contribution in [2.24, 2.45) is 0 Å². The van der Waals surface area contributed by atoms with Gasteiger partial charge in [-0.15, -0.1) is 11.3 Å². The Kier molecular flexibility index (Phi) is 4.04. The number of nitrogens with zero attached hydrogens (tertiary/aromatic N) is 1. The summed E-state index contributed by atoms with van der Waals surface area (Å²) in [6.45, 7) is 9.07. The number of hydrogen-bond donors (Lipinski definition) is 0. The fourth-order valence-electron chi connectivity index (χ4n) is 3.73. The second-order valence-corrected chi connectivity index (χ2v) is 9.05. The maximum atomic E-state index is 2.32. The van der Waals surface area contributed by atoms with Crippen LogP contribution >= 0.6 is 11.3 Å². The molecule has 0 atom stereocenters. The second-order valence-electron chi connectivity index (χ2n) is 8.03. The molecule has 0 amide bonds. The van der Waals surface area contributed by atoms with Crippen molar-refractivity contribution >= 4 is 42.9 Å². The average molecular weight is 360 g/mol. The highest BCUT2D eigenvalue weighted by atomic mass is 32.1. The standard InChI is InChI=1S/C24H25NS/c1-16-10-6-7-14-20(16)25(5)21-15-9-12-18-17-11-8-13-19(24(2,3)4)22(17)26-23(18)21/h6-15H,1-5H3. The lowest BCUT2D eigenvalue weighted by Crippen LogP contribution is -2.10. The lowest BCUT2D eigenvalue weighted by molar-refractivity contribution is 0.597. The molecule has 0 aliphatic heterocycles. The van der Waals surface area contributed by atoms with Gasteiger partial charge in [0.05, 0.1) is 10.4 Å². The van der Waals surface area contributed by atoms with Crippen LogP contribution in [0, 0.1) is 6.92 Å². The third kappa shape index (κ3) is 2.69. The van der Waals surface area contributed by atoms with Crippen molar-refractivity contribution in [3.05, 3.63) is 71.8 Å². The van der Waals surface area contributed by atoms with Crippen LogP contribution < -0.4 is 4.90 Å². The van der Waals surface area contributed by atoms with Crippen molar-refractivity contribution in [3.63, 3.8) is 0 Å². The minimum Gasteiger partial charge on any atom is -0.343 e. The maximum absolute atomic E-state index is 2.32. The molecule has 26 heavy (non-hydrogen) atoms. The first kappa shape index (κ1) is 17.1. The summed E-state index contributed by atoms with van der Waals surface area (Å²) in [7, 11) is 2.17. The van der Waals surface area contributed by atoms with E-state index in [0.717, 1.165) is 0 Å². The highest BCUT2D eigenvalue weighted by Gasteiger charge is 2.20. The number of para-hydroxylation sites is 1. The minimum absolute atomic E-state index is 0.141. The van der Waals surface area contributed by atoms with E-state index in [1.807, 2.05) is 11.3 Å². The number of benzene rings is 3. The molecule has 0 spiro atoms. The summed E-state index contributed by atoms with van der Waals surface area (Å²) in [5, 5.41) is 2.73. The molecule has 0 fully saturated rings. The average Bonchev–Trinajstić information content (AvgIpc) is 2.99. The fourth-order valence-corrected chi connectivity index (χ4v) is 5.30. The summed E-state index contributed by atoms with van der Waals surface area (Å²) in [4.78, 5) is 2.32. The molecule has 2 heteroatoms. The van der Waals surface area contributed by atoms with E-state index in [1.54, 1.807) is 0 Å². The van der Waals surface area contributed by atoms with Crippen molar-refractivity contribution < 1.29 is 0 Å². The maximum Gasteiger partial charge on any atom is 0.0592 e. The van der Waals surface area contributed by atoms with Gasteiger partial charge in [0.1, 0.15) is 0 Å². The topological polar surface area (TPSA) is 3.24 Å². The summed E-state index contributed by atoms with van der Waals surface area (Å²) < 4.78 is 2.78. The Morgan fingerprint density at radius 1 is 0.731 bits per heavy atom. The number of fused-ring (bicyclic) bond motifs is 3. The highest BCUT2D eigenvalue weighted by Crippen LogP contribution is 2.44. The predicted molar refractivity (Wildman–Crippen MR) is 117 cm³/mol. The van der Waals surface area contributed by atoms with Gasteiger partial charge < -0.3 is 4.90 Å². The molecule has 0 radical (unpaired) electrons. The zero-order chi connectivity index (χ0) is 18.5. The molecular weight excluding hydrogens is 334 g/mol. The summed E-state index contributed by atoms with van der Waals surface area (Å²) >= 11 is 1.93. The van der Waals surface area contributed by atoms with Gasteiger partial charge in [-0.25, -0.2) is 0 Å². The van der Waals surface area contributed by atoms with Crippen molar-refractivity contribution in [1.29, 1.82) is 0 Å². The number of thiophene rings is 1. The molecular formula is C24H25NS. The first-order valence-corrected chi connectivity index (χ1v) is 9.93. The van der Waals surface area contributed by atoms with E-state index in [0.29, 0.717) is 0 Å². The Bertz CT molecular complexity index is 1100. The van der Waals surface area contributed by atoms with E-state index in [-0.39, 0.29) is 5.41 Å². The molecule has 0 saturated heterocycles. The van der Waals surface area contributed by atoms with Gasteiger partial charge in [-0.2, -0.15) is 0 Å². The number of rotatable bonds is 2. The molecule has 0 aliphatic rings. The zero-order valence-corrected chi connectivity index (χ0v) is 16.9. The number of hydrogen-bond acceptors (Lipinski definition) is 2. The van der Waals surface area contributed by atoms with Crippen molar-refractivity contribution in [2.45, 2.75) is 33.1 Å². The van der Waals surface area contributed by atoms with Crippen LogP contribution in [0.1, 0.15) is 31.9 Å². The normalized spacial score (nSPS) is 12.0. The van der Waals surface area contributed by atoms with Crippen LogP contribution in [0.4, 0.5) is 11.4 Å². The van der Waals surface area contributed by atoms with Gasteiger partial charge in [0.25, 0.3) is 0 Å². The number of anilines is 2. The first-order valence-electron chi connectivity index (χ1n) is 9.12. The van der Waals surface area contributed by atoms with E-state index < -0.39 is 0 Å². The highest BCUT2D eigenvalue weighted by molar-refractivity contribution is 7.26. The molecule has 0 aliphatic carbocycles. The molecule has 0 saturated carbocycles. The third-order valence-corrected chi connectivity index (χ3v) is 6.43. The molecule has 4 aromatic rings. The summed E-state index contributed by atoms with van der Waals surface area (Å²) in [5.74, 6) is 0. The third-order valence-electron chi connectivity index (χ3n) is 5.15. The van der Waals surface area contributed by atoms with E-state index in [1.165, 1.54) is 42.7 Å². The van der Waals surface area contributed by atoms with E-state index in [9.17, 15) is 0 Å². The summed E-state index contributed by atoms with van der Waals surface area (Å²) in [5.41, 5.74) is 5.40. The lowest BCUT2D eigenvalue weighted by Gasteiger charge is -2.22. The molecule has 1 nitrogen and oxygen atoms in total. The molecule has 4 rings (SSSR count). The van der Waals surface area contributed by atoms with Crippen LogP contribution in [0.15, 0.2) is 60.7 Å². The molecule has 132 valence electrons. The molecule has 0 unspecified atom stereocenters. The van der Waals surface area contributed by atoms with Crippen LogP contribution in [0.3, 0.4) is 0 Å². The van der Waals surface area contributed by atoms with Crippen molar-refractivity contribution in [2.75, 3.05) is 11.9 Å². The van der Waals surface area contributed by atoms with Gasteiger partial charge in [-0.1, -0.05) is 69.3 Å². The monoisotopic (exact) mass is 359 g/mol. The Morgan fingerprint density at radius 3 is 2.04 bits per heavy atom. The number of aryl methyl sites for hydroxylation is 1. The minimum atomic E-state index is 0.141. The first-order chi connectivity index (χ1) is 12.4. The van der Waals surface area contributed by atoms with Crippen LogP contribution in [0.25, 0.3) is 20.2 Å². The largest absolute Gasteiger partial charge is 0.343 e. The van der Waals surface area contributed by atoms with E-state index >= 15 is 0 Å². The van der Waals surface area contributed by atoms with Crippen LogP contribution in [0.5, 0.6) is 0 Å². The van der Waals surface area contributed by atoms with E-state index in [2.05, 4.69) is 100 Å². The summed E-state index contributed by atoms with van der Waals surface area (Å²) in [6.07, 6.45) is 0. The summed E-state index contributed by atoms with van der Waals surface area (Å²) in [6, 6.07) is 22.0. The van der Waals surface area contributed by atoms with Gasteiger partial charge in [0.2, 0.25) is 0 Å². The Hall–Kier alpha value is -2.32. The van der Waals surface area contributed by atoms with Gasteiger partial charge >= 0.3 is 0 Å². The fraction of sp³-hybridized carbons (Fsp3) is 0.250. The zero-order valence-electron chi connectivity index (χ0n) is 16.1. The predicted octanol–water partition coefficient (Wildman–Crippen LogP) is 7.43. The van der Waals surface area contributed by atoms with Crippen LogP contribution in [-0.2, 0) is 5.41 Å². The van der Waals surface area contributed by atoms with Gasteiger partial charge in [0, 0.05) is 28.2 Å². The molecule has 3 aromatic carbocycles. The van der Waals surface area contributed by atoms with E-state index in [4.69, 9.17) is 0 Å². The van der Waals surface area contributed by atoms with Gasteiger partial charge in [0.15, 0.2) is 0 Å². The Morgan fingerprint density at radius 2 is 1.35 bits per heavy atom.